The lowest BCUT2D eigenvalue weighted by molar-refractivity contribution is -0.124. The van der Waals surface area contributed by atoms with Crippen LogP contribution in [0, 0.1) is 29.6 Å². The van der Waals surface area contributed by atoms with Crippen LogP contribution in [-0.4, -0.2) is 23.0 Å². The fraction of sp³-hybridized carbons (Fsp3) is 0.857. The van der Waals surface area contributed by atoms with Gasteiger partial charge in [0.2, 0.25) is 5.91 Å². The van der Waals surface area contributed by atoms with Crippen molar-refractivity contribution in [2.75, 3.05) is 0 Å². The zero-order chi connectivity index (χ0) is 13.6. The van der Waals surface area contributed by atoms with E-state index in [-0.39, 0.29) is 23.7 Å². The van der Waals surface area contributed by atoms with Crippen LogP contribution in [0.3, 0.4) is 0 Å². The Bertz CT molecular complexity index is 393. The minimum atomic E-state index is -0.0117. The smallest absolute Gasteiger partial charge is 0.223 e. The van der Waals surface area contributed by atoms with Gasteiger partial charge in [0.15, 0.2) is 0 Å². The number of rotatable bonds is 5. The first-order chi connectivity index (χ1) is 9.15. The number of fused-ring (bicyclic) bond motifs is 5. The molecule has 5 nitrogen and oxygen atoms in total. The van der Waals surface area contributed by atoms with E-state index in [2.05, 4.69) is 10.5 Å². The molecule has 0 aromatic rings. The number of amides is 1. The molecule has 19 heavy (non-hydrogen) atoms. The highest BCUT2D eigenvalue weighted by Gasteiger charge is 2.67. The molecule has 2 bridgehead atoms. The molecular weight excluding hydrogens is 242 g/mol. The summed E-state index contributed by atoms with van der Waals surface area (Å²) >= 11 is 0. The van der Waals surface area contributed by atoms with Crippen LogP contribution < -0.4 is 11.1 Å². The summed E-state index contributed by atoms with van der Waals surface area (Å²) in [6.07, 6.45) is 5.25. The number of hydrogen-bond donors (Lipinski definition) is 3. The molecule has 3 rings (SSSR count). The molecule has 1 amide bonds. The van der Waals surface area contributed by atoms with Crippen molar-refractivity contribution in [2.45, 2.75) is 45.1 Å². The Morgan fingerprint density at radius 1 is 1.42 bits per heavy atom. The van der Waals surface area contributed by atoms with Gasteiger partial charge in [-0.25, -0.2) is 0 Å². The van der Waals surface area contributed by atoms with E-state index >= 15 is 0 Å². The van der Waals surface area contributed by atoms with Gasteiger partial charge in [-0.05, 0) is 49.4 Å². The highest BCUT2D eigenvalue weighted by Crippen LogP contribution is 2.69. The second-order valence-electron chi connectivity index (χ2n) is 6.42. The number of hydrogen-bond acceptors (Lipinski definition) is 3. The van der Waals surface area contributed by atoms with Gasteiger partial charge in [0.25, 0.3) is 0 Å². The normalized spacial score (nSPS) is 40.9. The van der Waals surface area contributed by atoms with Crippen LogP contribution in [0.2, 0.25) is 0 Å². The summed E-state index contributed by atoms with van der Waals surface area (Å²) in [5, 5.41) is 14.7. The number of oxime groups is 1. The summed E-state index contributed by atoms with van der Waals surface area (Å²) in [6, 6.07) is -0.0117. The Labute approximate surface area is 113 Å². The van der Waals surface area contributed by atoms with Gasteiger partial charge in [-0.3, -0.25) is 4.79 Å². The van der Waals surface area contributed by atoms with Gasteiger partial charge in [-0.15, -0.1) is 0 Å². The van der Waals surface area contributed by atoms with Crippen molar-refractivity contribution >= 4 is 11.7 Å². The van der Waals surface area contributed by atoms with E-state index in [1.54, 1.807) is 0 Å². The predicted octanol–water partition coefficient (Wildman–Crippen LogP) is 1.31. The Morgan fingerprint density at radius 2 is 2.05 bits per heavy atom. The number of carbonyl (C=O) groups is 1. The van der Waals surface area contributed by atoms with Gasteiger partial charge in [-0.1, -0.05) is 12.1 Å². The van der Waals surface area contributed by atoms with E-state index in [1.807, 2.05) is 6.92 Å². The minimum Gasteiger partial charge on any atom is -0.409 e. The maximum Gasteiger partial charge on any atom is 0.223 e. The van der Waals surface area contributed by atoms with Crippen LogP contribution in [-0.2, 0) is 4.79 Å². The lowest BCUT2D eigenvalue weighted by Crippen LogP contribution is -2.39. The molecule has 0 aliphatic heterocycles. The van der Waals surface area contributed by atoms with Crippen molar-refractivity contribution in [1.82, 2.24) is 5.32 Å². The number of amidine groups is 1. The van der Waals surface area contributed by atoms with Crippen LogP contribution in [0.4, 0.5) is 0 Å². The molecule has 0 aromatic heterocycles. The first kappa shape index (κ1) is 12.8. The monoisotopic (exact) mass is 265 g/mol. The van der Waals surface area contributed by atoms with Crippen LogP contribution in [0.5, 0.6) is 0 Å². The molecule has 0 saturated heterocycles. The van der Waals surface area contributed by atoms with E-state index in [4.69, 9.17) is 10.9 Å². The summed E-state index contributed by atoms with van der Waals surface area (Å²) < 4.78 is 0. The zero-order valence-electron chi connectivity index (χ0n) is 11.4. The Morgan fingerprint density at radius 3 is 2.58 bits per heavy atom. The molecule has 3 saturated carbocycles. The first-order valence-corrected chi connectivity index (χ1v) is 7.42. The van der Waals surface area contributed by atoms with E-state index in [0.717, 1.165) is 18.3 Å². The van der Waals surface area contributed by atoms with E-state index < -0.39 is 0 Å². The SMILES string of the molecule is CCC(CC(N)=NO)NC(=O)C1C2C3CCC(C3)C12. The molecule has 4 N–H and O–H groups in total. The van der Waals surface area contributed by atoms with E-state index in [0.29, 0.717) is 18.3 Å². The van der Waals surface area contributed by atoms with Crippen LogP contribution in [0.15, 0.2) is 5.16 Å². The number of nitrogens with two attached hydrogens (primary N) is 1. The molecule has 106 valence electrons. The average molecular weight is 265 g/mol. The largest absolute Gasteiger partial charge is 0.409 e. The molecule has 3 aliphatic carbocycles. The third-order valence-corrected chi connectivity index (χ3v) is 5.46. The molecule has 0 radical (unpaired) electrons. The lowest BCUT2D eigenvalue weighted by atomic mass is 10.0. The summed E-state index contributed by atoms with van der Waals surface area (Å²) in [4.78, 5) is 12.3. The van der Waals surface area contributed by atoms with Crippen molar-refractivity contribution in [3.63, 3.8) is 0 Å². The molecule has 0 aromatic carbocycles. The Kier molecular flexibility index (Phi) is 3.15. The van der Waals surface area contributed by atoms with Gasteiger partial charge in [0.1, 0.15) is 5.84 Å². The van der Waals surface area contributed by atoms with Crippen LogP contribution in [0.1, 0.15) is 39.0 Å². The Balaban J connectivity index is 1.54. The average Bonchev–Trinajstić information content (AvgIpc) is 2.86. The van der Waals surface area contributed by atoms with Gasteiger partial charge >= 0.3 is 0 Å². The van der Waals surface area contributed by atoms with Gasteiger partial charge in [0, 0.05) is 18.4 Å². The number of nitrogens with one attached hydrogen (secondary N) is 1. The summed E-state index contributed by atoms with van der Waals surface area (Å²) in [7, 11) is 0. The van der Waals surface area contributed by atoms with Crippen molar-refractivity contribution in [3.05, 3.63) is 0 Å². The van der Waals surface area contributed by atoms with Crippen molar-refractivity contribution in [2.24, 2.45) is 40.5 Å². The third-order valence-electron chi connectivity index (χ3n) is 5.46. The molecule has 3 fully saturated rings. The summed E-state index contributed by atoms with van der Waals surface area (Å²) in [5.41, 5.74) is 5.51. The zero-order valence-corrected chi connectivity index (χ0v) is 11.4. The number of nitrogens with zero attached hydrogens (tertiary/aromatic N) is 1. The van der Waals surface area contributed by atoms with E-state index in [1.165, 1.54) is 19.3 Å². The standard InChI is InChI=1S/C14H23N3O2/c1-2-9(6-10(15)17-19)16-14(18)13-11-7-3-4-8(5-7)12(11)13/h7-9,11-13,19H,2-6H2,1H3,(H2,15,17)(H,16,18). The van der Waals surface area contributed by atoms with E-state index in [9.17, 15) is 4.79 Å². The molecule has 3 aliphatic rings. The van der Waals surface area contributed by atoms with Crippen molar-refractivity contribution < 1.29 is 10.0 Å². The summed E-state index contributed by atoms with van der Waals surface area (Å²) in [5.74, 6) is 3.60. The molecular formula is C14H23N3O2. The summed E-state index contributed by atoms with van der Waals surface area (Å²) in [6.45, 7) is 2.01. The topological polar surface area (TPSA) is 87.7 Å². The highest BCUT2D eigenvalue weighted by atomic mass is 16.4. The van der Waals surface area contributed by atoms with Gasteiger partial charge < -0.3 is 16.3 Å². The van der Waals surface area contributed by atoms with Gasteiger partial charge in [-0.2, -0.15) is 0 Å². The highest BCUT2D eigenvalue weighted by molar-refractivity contribution is 5.85. The second kappa shape index (κ2) is 4.69. The lowest BCUT2D eigenvalue weighted by Gasteiger charge is -2.17. The molecule has 0 spiro atoms. The third kappa shape index (κ3) is 2.09. The fourth-order valence-electron chi connectivity index (χ4n) is 4.56. The van der Waals surface area contributed by atoms with Crippen LogP contribution >= 0.6 is 0 Å². The second-order valence-corrected chi connectivity index (χ2v) is 6.42. The van der Waals surface area contributed by atoms with Crippen molar-refractivity contribution in [1.29, 1.82) is 0 Å². The molecule has 5 atom stereocenters. The Hall–Kier alpha value is -1.26. The molecule has 0 heterocycles. The maximum atomic E-state index is 12.3. The molecule has 5 heteroatoms. The van der Waals surface area contributed by atoms with Crippen molar-refractivity contribution in [3.8, 4) is 0 Å². The van der Waals surface area contributed by atoms with Gasteiger partial charge in [0.05, 0.1) is 0 Å². The first-order valence-electron chi connectivity index (χ1n) is 7.42. The predicted molar refractivity (Wildman–Crippen MR) is 71.5 cm³/mol. The fourth-order valence-corrected chi connectivity index (χ4v) is 4.56. The number of carbonyl (C=O) groups excluding carboxylic acids is 1. The minimum absolute atomic E-state index is 0.0117. The maximum absolute atomic E-state index is 12.3. The quantitative estimate of drug-likeness (QED) is 0.303. The molecule has 5 unspecified atom stereocenters. The van der Waals surface area contributed by atoms with Crippen LogP contribution in [0.25, 0.3) is 0 Å².